The Morgan fingerprint density at radius 1 is 1.37 bits per heavy atom. The molecule has 0 aliphatic rings. The highest BCUT2D eigenvalue weighted by Gasteiger charge is 2.17. The summed E-state index contributed by atoms with van der Waals surface area (Å²) in [6, 6.07) is 5.08. The van der Waals surface area contributed by atoms with Crippen LogP contribution in [0.1, 0.15) is 36.8 Å². The van der Waals surface area contributed by atoms with Crippen LogP contribution < -0.4 is 5.32 Å². The first-order chi connectivity index (χ1) is 9.04. The number of aromatic nitrogens is 3. The maximum Gasteiger partial charge on any atom is 0.148 e. The number of nitrogens with zero attached hydrogens (tertiary/aromatic N) is 3. The molecule has 0 aliphatic heterocycles. The molecule has 0 spiro atoms. The lowest BCUT2D eigenvalue weighted by atomic mass is 10.2. The molecule has 2 aromatic rings. The molecule has 0 aliphatic carbocycles. The largest absolute Gasteiger partial charge is 0.309 e. The van der Waals surface area contributed by atoms with Gasteiger partial charge in [0, 0.05) is 0 Å². The summed E-state index contributed by atoms with van der Waals surface area (Å²) < 4.78 is 15.5. The molecule has 1 atom stereocenters. The number of hydrogen-bond donors (Lipinski definition) is 1. The normalized spacial score (nSPS) is 12.7. The van der Waals surface area contributed by atoms with Crippen molar-refractivity contribution in [3.05, 3.63) is 41.0 Å². The van der Waals surface area contributed by atoms with Gasteiger partial charge in [0.2, 0.25) is 0 Å². The van der Waals surface area contributed by atoms with E-state index in [4.69, 9.17) is 0 Å². The van der Waals surface area contributed by atoms with Crippen LogP contribution in [0.25, 0.3) is 5.69 Å². The molecule has 1 N–H and O–H groups in total. The van der Waals surface area contributed by atoms with E-state index < -0.39 is 0 Å². The van der Waals surface area contributed by atoms with Crippen molar-refractivity contribution in [2.24, 2.45) is 0 Å². The molecule has 1 aromatic carbocycles. The first-order valence-corrected chi connectivity index (χ1v) is 6.46. The van der Waals surface area contributed by atoms with Crippen molar-refractivity contribution < 1.29 is 4.39 Å². The van der Waals surface area contributed by atoms with Gasteiger partial charge in [-0.25, -0.2) is 9.07 Å². The molecule has 0 amide bonds. The minimum atomic E-state index is -0.291. The van der Waals surface area contributed by atoms with Gasteiger partial charge in [0.05, 0.1) is 11.7 Å². The van der Waals surface area contributed by atoms with Crippen LogP contribution in [0.15, 0.2) is 18.2 Å². The summed E-state index contributed by atoms with van der Waals surface area (Å²) in [6.07, 6.45) is 0. The van der Waals surface area contributed by atoms with Crippen molar-refractivity contribution >= 4 is 0 Å². The van der Waals surface area contributed by atoms with Gasteiger partial charge in [-0.1, -0.05) is 18.2 Å². The van der Waals surface area contributed by atoms with E-state index in [9.17, 15) is 4.39 Å². The number of rotatable bonds is 4. The third-order valence-electron chi connectivity index (χ3n) is 3.18. The number of benzene rings is 1. The summed E-state index contributed by atoms with van der Waals surface area (Å²) in [5, 5.41) is 11.5. The zero-order valence-corrected chi connectivity index (χ0v) is 11.7. The third kappa shape index (κ3) is 2.66. The first-order valence-electron chi connectivity index (χ1n) is 6.46. The van der Waals surface area contributed by atoms with Gasteiger partial charge < -0.3 is 5.32 Å². The Balaban J connectivity index is 2.44. The molecular weight excluding hydrogens is 243 g/mol. The average Bonchev–Trinajstić information content (AvgIpc) is 2.74. The molecule has 0 fully saturated rings. The lowest BCUT2D eigenvalue weighted by Crippen LogP contribution is -2.19. The Kier molecular flexibility index (Phi) is 3.95. The number of nitrogens with one attached hydrogen (secondary N) is 1. The fourth-order valence-corrected chi connectivity index (χ4v) is 2.16. The zero-order valence-electron chi connectivity index (χ0n) is 11.7. The van der Waals surface area contributed by atoms with E-state index in [1.807, 2.05) is 27.7 Å². The minimum Gasteiger partial charge on any atom is -0.309 e. The lowest BCUT2D eigenvalue weighted by molar-refractivity contribution is 0.579. The predicted octanol–water partition coefficient (Wildman–Crippen LogP) is 2.69. The van der Waals surface area contributed by atoms with Crippen LogP contribution in [0.4, 0.5) is 4.39 Å². The highest BCUT2D eigenvalue weighted by Crippen LogP contribution is 2.20. The Morgan fingerprint density at radius 2 is 2.11 bits per heavy atom. The molecule has 19 heavy (non-hydrogen) atoms. The second kappa shape index (κ2) is 5.48. The van der Waals surface area contributed by atoms with Crippen LogP contribution in [0.2, 0.25) is 0 Å². The second-order valence-corrected chi connectivity index (χ2v) is 4.71. The molecule has 0 bridgehead atoms. The minimum absolute atomic E-state index is 0.103. The Morgan fingerprint density at radius 3 is 2.79 bits per heavy atom. The average molecular weight is 262 g/mol. The van der Waals surface area contributed by atoms with Gasteiger partial charge in [-0.15, -0.1) is 5.10 Å². The molecule has 5 heteroatoms. The number of halogens is 1. The van der Waals surface area contributed by atoms with Gasteiger partial charge in [-0.3, -0.25) is 0 Å². The van der Waals surface area contributed by atoms with Crippen LogP contribution in [0, 0.1) is 19.7 Å². The highest BCUT2D eigenvalue weighted by molar-refractivity contribution is 5.38. The standard InChI is InChI=1S/C14H19FN4/c1-5-16-10(3)14-11(4)19(18-17-14)13-8-9(2)6-7-12(13)15/h6-8,10,16H,5H2,1-4H3. The van der Waals surface area contributed by atoms with Gasteiger partial charge in [-0.05, 0) is 45.0 Å². The smallest absolute Gasteiger partial charge is 0.148 e. The number of hydrogen-bond acceptors (Lipinski definition) is 3. The molecule has 1 heterocycles. The Labute approximate surface area is 112 Å². The maximum atomic E-state index is 13.9. The van der Waals surface area contributed by atoms with E-state index in [0.717, 1.165) is 23.5 Å². The van der Waals surface area contributed by atoms with Crippen LogP contribution in [-0.2, 0) is 0 Å². The van der Waals surface area contributed by atoms with Crippen molar-refractivity contribution in [1.29, 1.82) is 0 Å². The van der Waals surface area contributed by atoms with E-state index in [1.54, 1.807) is 16.8 Å². The molecule has 2 rings (SSSR count). The second-order valence-electron chi connectivity index (χ2n) is 4.71. The summed E-state index contributed by atoms with van der Waals surface area (Å²) in [5.41, 5.74) is 3.15. The molecule has 0 radical (unpaired) electrons. The molecule has 1 unspecified atom stereocenters. The third-order valence-corrected chi connectivity index (χ3v) is 3.18. The number of aryl methyl sites for hydroxylation is 1. The van der Waals surface area contributed by atoms with E-state index in [-0.39, 0.29) is 11.9 Å². The molecular formula is C14H19FN4. The van der Waals surface area contributed by atoms with Crippen LogP contribution >= 0.6 is 0 Å². The fourth-order valence-electron chi connectivity index (χ4n) is 2.16. The lowest BCUT2D eigenvalue weighted by Gasteiger charge is -2.11. The van der Waals surface area contributed by atoms with Gasteiger partial charge in [-0.2, -0.15) is 0 Å². The van der Waals surface area contributed by atoms with Gasteiger partial charge in [0.25, 0.3) is 0 Å². The van der Waals surface area contributed by atoms with Crippen molar-refractivity contribution in [2.75, 3.05) is 6.54 Å². The molecule has 1 aromatic heterocycles. The van der Waals surface area contributed by atoms with Gasteiger partial charge in [0.15, 0.2) is 0 Å². The van der Waals surface area contributed by atoms with Crippen molar-refractivity contribution in [3.8, 4) is 5.69 Å². The fraction of sp³-hybridized carbons (Fsp3) is 0.429. The Bertz CT molecular complexity index is 577. The van der Waals surface area contributed by atoms with E-state index in [0.29, 0.717) is 5.69 Å². The van der Waals surface area contributed by atoms with Gasteiger partial charge >= 0.3 is 0 Å². The van der Waals surface area contributed by atoms with E-state index in [1.165, 1.54) is 6.07 Å². The van der Waals surface area contributed by atoms with E-state index >= 15 is 0 Å². The topological polar surface area (TPSA) is 42.7 Å². The summed E-state index contributed by atoms with van der Waals surface area (Å²) in [4.78, 5) is 0. The SMILES string of the molecule is CCNC(C)c1nnn(-c2cc(C)ccc2F)c1C. The molecule has 4 nitrogen and oxygen atoms in total. The van der Waals surface area contributed by atoms with Crippen molar-refractivity contribution in [2.45, 2.75) is 33.7 Å². The predicted molar refractivity (Wildman–Crippen MR) is 72.9 cm³/mol. The van der Waals surface area contributed by atoms with Crippen LogP contribution in [-0.4, -0.2) is 21.5 Å². The highest BCUT2D eigenvalue weighted by atomic mass is 19.1. The van der Waals surface area contributed by atoms with Crippen molar-refractivity contribution in [1.82, 2.24) is 20.3 Å². The molecule has 0 saturated heterocycles. The maximum absolute atomic E-state index is 13.9. The van der Waals surface area contributed by atoms with E-state index in [2.05, 4.69) is 15.6 Å². The summed E-state index contributed by atoms with van der Waals surface area (Å²) in [5.74, 6) is -0.291. The van der Waals surface area contributed by atoms with Crippen LogP contribution in [0.5, 0.6) is 0 Å². The summed E-state index contributed by atoms with van der Waals surface area (Å²) in [6.45, 7) is 8.75. The van der Waals surface area contributed by atoms with Crippen LogP contribution in [0.3, 0.4) is 0 Å². The summed E-state index contributed by atoms with van der Waals surface area (Å²) >= 11 is 0. The summed E-state index contributed by atoms with van der Waals surface area (Å²) in [7, 11) is 0. The Hall–Kier alpha value is -1.75. The molecule has 0 saturated carbocycles. The molecule has 102 valence electrons. The first kappa shape index (κ1) is 13.7. The zero-order chi connectivity index (χ0) is 14.0. The monoisotopic (exact) mass is 262 g/mol. The van der Waals surface area contributed by atoms with Gasteiger partial charge in [0.1, 0.15) is 17.2 Å². The quantitative estimate of drug-likeness (QED) is 0.921. The van der Waals surface area contributed by atoms with Crippen molar-refractivity contribution in [3.63, 3.8) is 0 Å².